The number of rotatable bonds is 8. The molecule has 3 aromatic carbocycles. The maximum absolute atomic E-state index is 14.0. The first-order chi connectivity index (χ1) is 20.0. The van der Waals surface area contributed by atoms with E-state index in [1.165, 1.54) is 23.1 Å². The first-order valence-electron chi connectivity index (χ1n) is 13.1. The summed E-state index contributed by atoms with van der Waals surface area (Å²) in [4.78, 5) is 33.2. The largest absolute Gasteiger partial charge is 0.497 e. The molecule has 204 valence electrons. The molecule has 0 unspecified atom stereocenters. The van der Waals surface area contributed by atoms with Gasteiger partial charge in [-0.25, -0.2) is 4.98 Å². The normalized spacial score (nSPS) is 11.2. The van der Waals surface area contributed by atoms with Crippen molar-refractivity contribution in [2.24, 2.45) is 0 Å². The van der Waals surface area contributed by atoms with Crippen LogP contribution in [-0.4, -0.2) is 32.8 Å². The molecule has 3 aromatic heterocycles. The quantitative estimate of drug-likeness (QED) is 0.106. The van der Waals surface area contributed by atoms with Crippen LogP contribution in [0.1, 0.15) is 21.7 Å². The summed E-state index contributed by atoms with van der Waals surface area (Å²) in [5.41, 5.74) is 5.86. The number of Topliss-reactive ketones (excluding diaryl/α,β-unsaturated/α-hetero) is 1. The number of aryl methyl sites for hydroxylation is 1. The van der Waals surface area contributed by atoms with Crippen LogP contribution in [0.15, 0.2) is 106 Å². The monoisotopic (exact) mass is 577 g/mol. The van der Waals surface area contributed by atoms with Crippen LogP contribution < -0.4 is 10.3 Å². The molecule has 0 radical (unpaired) electrons. The SMILES string of the molecule is COc1ccc(-n2c(C)cc(C(=O)CSc3nc4scc(-c5ccccc5)c4c(=O)n3-c3ccccc3)c2C)cc1. The van der Waals surface area contributed by atoms with Gasteiger partial charge in [0.05, 0.1) is 23.9 Å². The smallest absolute Gasteiger partial charge is 0.268 e. The third kappa shape index (κ3) is 5.01. The number of ether oxygens (including phenoxy) is 1. The van der Waals surface area contributed by atoms with Gasteiger partial charge in [0.25, 0.3) is 5.56 Å². The molecule has 3 heterocycles. The highest BCUT2D eigenvalue weighted by atomic mass is 32.2. The van der Waals surface area contributed by atoms with Gasteiger partial charge < -0.3 is 9.30 Å². The zero-order valence-electron chi connectivity index (χ0n) is 22.8. The Morgan fingerprint density at radius 2 is 1.56 bits per heavy atom. The number of aromatic nitrogens is 3. The van der Waals surface area contributed by atoms with Gasteiger partial charge in [0.15, 0.2) is 10.9 Å². The van der Waals surface area contributed by atoms with E-state index in [0.717, 1.165) is 34.0 Å². The van der Waals surface area contributed by atoms with E-state index in [4.69, 9.17) is 9.72 Å². The zero-order valence-corrected chi connectivity index (χ0v) is 24.5. The second-order valence-electron chi connectivity index (χ2n) is 9.60. The summed E-state index contributed by atoms with van der Waals surface area (Å²) < 4.78 is 8.98. The molecule has 6 aromatic rings. The molecular formula is C33H27N3O3S2. The summed E-state index contributed by atoms with van der Waals surface area (Å²) in [6.07, 6.45) is 0. The Balaban J connectivity index is 1.36. The lowest BCUT2D eigenvalue weighted by Gasteiger charge is -2.13. The Kier molecular flexibility index (Phi) is 7.34. The molecule has 0 bridgehead atoms. The lowest BCUT2D eigenvalue weighted by molar-refractivity contribution is 0.102. The molecule has 0 spiro atoms. The highest BCUT2D eigenvalue weighted by molar-refractivity contribution is 7.99. The molecule has 0 aliphatic rings. The van der Waals surface area contributed by atoms with Crippen molar-refractivity contribution in [3.8, 4) is 28.3 Å². The zero-order chi connectivity index (χ0) is 28.5. The minimum Gasteiger partial charge on any atom is -0.497 e. The predicted molar refractivity (Wildman–Crippen MR) is 168 cm³/mol. The number of nitrogens with zero attached hydrogens (tertiary/aromatic N) is 3. The number of ketones is 1. The molecule has 0 amide bonds. The van der Waals surface area contributed by atoms with E-state index >= 15 is 0 Å². The van der Waals surface area contributed by atoms with Gasteiger partial charge in [0.1, 0.15) is 10.6 Å². The minimum atomic E-state index is -0.145. The fourth-order valence-electron chi connectivity index (χ4n) is 5.09. The van der Waals surface area contributed by atoms with Crippen LogP contribution >= 0.6 is 23.1 Å². The van der Waals surface area contributed by atoms with E-state index in [9.17, 15) is 9.59 Å². The highest BCUT2D eigenvalue weighted by Crippen LogP contribution is 2.33. The van der Waals surface area contributed by atoms with E-state index in [0.29, 0.717) is 26.6 Å². The fraction of sp³-hybridized carbons (Fsp3) is 0.121. The summed E-state index contributed by atoms with van der Waals surface area (Å²) in [5.74, 6) is 0.904. The van der Waals surface area contributed by atoms with Gasteiger partial charge in [-0.15, -0.1) is 11.3 Å². The Labute approximate surface area is 245 Å². The van der Waals surface area contributed by atoms with Crippen molar-refractivity contribution in [1.29, 1.82) is 0 Å². The molecule has 0 saturated carbocycles. The van der Waals surface area contributed by atoms with E-state index in [2.05, 4.69) is 4.57 Å². The standard InChI is InChI=1S/C33H27N3O3S2/c1-21-18-27(22(2)35(21)25-14-16-26(39-3)17-15-25)29(37)20-41-33-34-31-30(28(19-40-31)23-10-6-4-7-11-23)32(38)36(33)24-12-8-5-9-13-24/h4-19H,20H2,1-3H3. The summed E-state index contributed by atoms with van der Waals surface area (Å²) in [6.45, 7) is 3.95. The molecular weight excluding hydrogens is 551 g/mol. The number of carbonyl (C=O) groups is 1. The topological polar surface area (TPSA) is 66.1 Å². The molecule has 0 saturated heterocycles. The van der Waals surface area contributed by atoms with Crippen molar-refractivity contribution < 1.29 is 9.53 Å². The van der Waals surface area contributed by atoms with Crippen LogP contribution in [0.3, 0.4) is 0 Å². The molecule has 0 N–H and O–H groups in total. The number of thiophene rings is 1. The maximum Gasteiger partial charge on any atom is 0.268 e. The number of para-hydroxylation sites is 1. The van der Waals surface area contributed by atoms with Gasteiger partial charge in [0.2, 0.25) is 0 Å². The van der Waals surface area contributed by atoms with E-state index < -0.39 is 0 Å². The van der Waals surface area contributed by atoms with Crippen molar-refractivity contribution in [3.63, 3.8) is 0 Å². The molecule has 41 heavy (non-hydrogen) atoms. The van der Waals surface area contributed by atoms with Crippen molar-refractivity contribution in [2.75, 3.05) is 12.9 Å². The fourth-order valence-corrected chi connectivity index (χ4v) is 6.97. The Morgan fingerprint density at radius 3 is 2.24 bits per heavy atom. The average molecular weight is 578 g/mol. The Morgan fingerprint density at radius 1 is 0.902 bits per heavy atom. The van der Waals surface area contributed by atoms with Crippen LogP contribution in [0.5, 0.6) is 5.75 Å². The van der Waals surface area contributed by atoms with E-state index in [1.807, 2.05) is 110 Å². The third-order valence-corrected chi connectivity index (χ3v) is 8.88. The summed E-state index contributed by atoms with van der Waals surface area (Å²) in [5, 5.41) is 3.06. The van der Waals surface area contributed by atoms with Crippen LogP contribution in [0.4, 0.5) is 0 Å². The molecule has 0 fully saturated rings. The predicted octanol–water partition coefficient (Wildman–Crippen LogP) is 7.51. The average Bonchev–Trinajstić information content (AvgIpc) is 3.57. The Bertz CT molecular complexity index is 1920. The molecule has 8 heteroatoms. The molecule has 0 atom stereocenters. The second-order valence-corrected chi connectivity index (χ2v) is 11.4. The lowest BCUT2D eigenvalue weighted by Crippen LogP contribution is -2.22. The number of hydrogen-bond acceptors (Lipinski definition) is 6. The third-order valence-electron chi connectivity index (χ3n) is 7.07. The van der Waals surface area contributed by atoms with Crippen molar-refractivity contribution >= 4 is 39.1 Å². The number of carbonyl (C=O) groups excluding carboxylic acids is 1. The summed E-state index contributed by atoms with van der Waals surface area (Å²) >= 11 is 2.73. The van der Waals surface area contributed by atoms with Crippen LogP contribution in [0.25, 0.3) is 32.7 Å². The Hall–Kier alpha value is -4.40. The van der Waals surface area contributed by atoms with Gasteiger partial charge in [-0.3, -0.25) is 14.2 Å². The summed E-state index contributed by atoms with van der Waals surface area (Å²) in [6, 6.07) is 29.0. The number of hydrogen-bond donors (Lipinski definition) is 0. The molecule has 0 aliphatic carbocycles. The van der Waals surface area contributed by atoms with Gasteiger partial charge in [-0.05, 0) is 61.9 Å². The molecule has 6 nitrogen and oxygen atoms in total. The van der Waals surface area contributed by atoms with Crippen LogP contribution in [-0.2, 0) is 0 Å². The van der Waals surface area contributed by atoms with Crippen molar-refractivity contribution in [1.82, 2.24) is 14.1 Å². The van der Waals surface area contributed by atoms with Crippen molar-refractivity contribution in [2.45, 2.75) is 19.0 Å². The molecule has 0 aliphatic heterocycles. The van der Waals surface area contributed by atoms with Gasteiger partial charge in [0, 0.05) is 33.6 Å². The van der Waals surface area contributed by atoms with Crippen LogP contribution in [0.2, 0.25) is 0 Å². The maximum atomic E-state index is 14.0. The van der Waals surface area contributed by atoms with E-state index in [1.54, 1.807) is 11.7 Å². The second kappa shape index (κ2) is 11.2. The minimum absolute atomic E-state index is 0.0204. The first kappa shape index (κ1) is 26.8. The lowest BCUT2D eigenvalue weighted by atomic mass is 10.1. The number of fused-ring (bicyclic) bond motifs is 1. The highest BCUT2D eigenvalue weighted by Gasteiger charge is 2.21. The van der Waals surface area contributed by atoms with E-state index in [-0.39, 0.29) is 17.1 Å². The summed E-state index contributed by atoms with van der Waals surface area (Å²) in [7, 11) is 1.64. The van der Waals surface area contributed by atoms with Crippen LogP contribution in [0, 0.1) is 13.8 Å². The first-order valence-corrected chi connectivity index (χ1v) is 15.0. The molecule has 6 rings (SSSR count). The van der Waals surface area contributed by atoms with Gasteiger partial charge in [-0.2, -0.15) is 0 Å². The number of methoxy groups -OCH3 is 1. The number of thioether (sulfide) groups is 1. The van der Waals surface area contributed by atoms with Crippen molar-refractivity contribution in [3.05, 3.63) is 124 Å². The van der Waals surface area contributed by atoms with Gasteiger partial charge in [-0.1, -0.05) is 60.3 Å². The van der Waals surface area contributed by atoms with Gasteiger partial charge >= 0.3 is 0 Å². The number of benzene rings is 3.